The average molecular weight is 289 g/mol. The number of aliphatic carboxylic acids is 1. The fourth-order valence-electron chi connectivity index (χ4n) is 1.69. The van der Waals surface area contributed by atoms with Crippen LogP contribution in [0.2, 0.25) is 0 Å². The van der Waals surface area contributed by atoms with Crippen LogP contribution >= 0.6 is 11.8 Å². The SMILES string of the molecule is CCCCCCSc1ccc(C=C(C#N)C(=O)O)cc1. The average Bonchev–Trinajstić information content (AvgIpc) is 2.45. The number of carboxylic acids is 1. The van der Waals surface area contributed by atoms with Crippen LogP contribution in [-0.4, -0.2) is 16.8 Å². The molecule has 0 bridgehead atoms. The van der Waals surface area contributed by atoms with Crippen LogP contribution in [0.4, 0.5) is 0 Å². The van der Waals surface area contributed by atoms with E-state index in [0.29, 0.717) is 0 Å². The van der Waals surface area contributed by atoms with E-state index in [1.54, 1.807) is 6.07 Å². The van der Waals surface area contributed by atoms with E-state index < -0.39 is 5.97 Å². The number of rotatable bonds is 8. The molecule has 0 unspecified atom stereocenters. The van der Waals surface area contributed by atoms with Gasteiger partial charge in [-0.25, -0.2) is 4.79 Å². The van der Waals surface area contributed by atoms with Gasteiger partial charge in [-0.05, 0) is 35.9 Å². The molecule has 0 aliphatic rings. The Balaban J connectivity index is 2.52. The van der Waals surface area contributed by atoms with Gasteiger partial charge in [0.15, 0.2) is 0 Å². The maximum atomic E-state index is 10.7. The van der Waals surface area contributed by atoms with E-state index in [-0.39, 0.29) is 5.57 Å². The number of unbranched alkanes of at least 4 members (excludes halogenated alkanes) is 3. The lowest BCUT2D eigenvalue weighted by molar-refractivity contribution is -0.132. The summed E-state index contributed by atoms with van der Waals surface area (Å²) in [7, 11) is 0. The molecule has 1 N–H and O–H groups in total. The van der Waals surface area contributed by atoms with Crippen molar-refractivity contribution >= 4 is 23.8 Å². The number of thioether (sulfide) groups is 1. The third-order valence-electron chi connectivity index (χ3n) is 2.81. The summed E-state index contributed by atoms with van der Waals surface area (Å²) in [6, 6.07) is 9.29. The van der Waals surface area contributed by atoms with Gasteiger partial charge in [0.05, 0.1) is 0 Å². The quantitative estimate of drug-likeness (QED) is 0.334. The number of hydrogen-bond donors (Lipinski definition) is 1. The van der Waals surface area contributed by atoms with Crippen molar-refractivity contribution in [2.75, 3.05) is 5.75 Å². The highest BCUT2D eigenvalue weighted by atomic mass is 32.2. The maximum absolute atomic E-state index is 10.7. The molecule has 1 aromatic carbocycles. The molecule has 0 spiro atoms. The van der Waals surface area contributed by atoms with Crippen LogP contribution < -0.4 is 0 Å². The van der Waals surface area contributed by atoms with Gasteiger partial charge < -0.3 is 5.11 Å². The highest BCUT2D eigenvalue weighted by Gasteiger charge is 2.05. The summed E-state index contributed by atoms with van der Waals surface area (Å²) in [6.45, 7) is 2.20. The van der Waals surface area contributed by atoms with Crippen LogP contribution in [0.15, 0.2) is 34.7 Å². The van der Waals surface area contributed by atoms with Crippen LogP contribution in [0, 0.1) is 11.3 Å². The summed E-state index contributed by atoms with van der Waals surface area (Å²) in [6.07, 6.45) is 6.41. The zero-order valence-corrected chi connectivity index (χ0v) is 12.4. The van der Waals surface area contributed by atoms with E-state index >= 15 is 0 Å². The van der Waals surface area contributed by atoms with Gasteiger partial charge >= 0.3 is 5.97 Å². The molecule has 0 saturated heterocycles. The van der Waals surface area contributed by atoms with Crippen molar-refractivity contribution in [3.05, 3.63) is 35.4 Å². The third kappa shape index (κ3) is 5.94. The zero-order valence-electron chi connectivity index (χ0n) is 11.6. The molecule has 0 aromatic heterocycles. The summed E-state index contributed by atoms with van der Waals surface area (Å²) in [5.74, 6) is -0.0878. The predicted molar refractivity (Wildman–Crippen MR) is 82.5 cm³/mol. The molecule has 0 aliphatic heterocycles. The van der Waals surface area contributed by atoms with Gasteiger partial charge in [-0.2, -0.15) is 5.26 Å². The Morgan fingerprint density at radius 2 is 2.00 bits per heavy atom. The molecule has 3 nitrogen and oxygen atoms in total. The molecule has 0 fully saturated rings. The second-order valence-corrected chi connectivity index (χ2v) is 5.62. The van der Waals surface area contributed by atoms with Gasteiger partial charge in [0.25, 0.3) is 0 Å². The van der Waals surface area contributed by atoms with E-state index in [0.717, 1.165) is 11.3 Å². The zero-order chi connectivity index (χ0) is 14.8. The minimum Gasteiger partial charge on any atom is -0.477 e. The van der Waals surface area contributed by atoms with Crippen LogP contribution in [0.5, 0.6) is 0 Å². The first-order valence-corrected chi connectivity index (χ1v) is 7.74. The van der Waals surface area contributed by atoms with Crippen LogP contribution in [-0.2, 0) is 4.79 Å². The van der Waals surface area contributed by atoms with Crippen LogP contribution in [0.25, 0.3) is 6.08 Å². The number of benzene rings is 1. The molecule has 0 saturated carbocycles. The third-order valence-corrected chi connectivity index (χ3v) is 3.91. The molecule has 0 radical (unpaired) electrons. The molecule has 0 amide bonds. The first-order chi connectivity index (χ1) is 9.67. The van der Waals surface area contributed by atoms with Gasteiger partial charge in [-0.3, -0.25) is 0 Å². The molecule has 20 heavy (non-hydrogen) atoms. The molecular formula is C16H19NO2S. The molecule has 0 aliphatic carbocycles. The Kier molecular flexibility index (Phi) is 7.52. The largest absolute Gasteiger partial charge is 0.477 e. The molecule has 1 aromatic rings. The summed E-state index contributed by atoms with van der Waals surface area (Å²) in [5, 5.41) is 17.5. The van der Waals surface area contributed by atoms with Gasteiger partial charge in [0.1, 0.15) is 11.6 Å². The van der Waals surface area contributed by atoms with E-state index in [2.05, 4.69) is 6.92 Å². The summed E-state index contributed by atoms with van der Waals surface area (Å²) >= 11 is 1.81. The lowest BCUT2D eigenvalue weighted by Gasteiger charge is -2.02. The normalized spacial score (nSPS) is 11.1. The highest BCUT2D eigenvalue weighted by molar-refractivity contribution is 7.99. The summed E-state index contributed by atoms with van der Waals surface area (Å²) in [4.78, 5) is 11.9. The van der Waals surface area contributed by atoms with Gasteiger partial charge in [0.2, 0.25) is 0 Å². The molecule has 1 rings (SSSR count). The Morgan fingerprint density at radius 3 is 2.55 bits per heavy atom. The Morgan fingerprint density at radius 1 is 1.30 bits per heavy atom. The Bertz CT molecular complexity index is 500. The standard InChI is InChI=1S/C16H19NO2S/c1-2-3-4-5-10-20-15-8-6-13(7-9-15)11-14(12-17)16(18)19/h6-9,11H,2-5,10H2,1H3,(H,18,19). The highest BCUT2D eigenvalue weighted by Crippen LogP contribution is 2.21. The number of hydrogen-bond acceptors (Lipinski definition) is 3. The summed E-state index contributed by atoms with van der Waals surface area (Å²) < 4.78 is 0. The fourth-order valence-corrected chi connectivity index (χ4v) is 2.60. The molecule has 106 valence electrons. The molecule has 4 heteroatoms. The van der Waals surface area contributed by atoms with Crippen molar-refractivity contribution in [2.24, 2.45) is 0 Å². The fraction of sp³-hybridized carbons (Fsp3) is 0.375. The van der Waals surface area contributed by atoms with Crippen molar-refractivity contribution < 1.29 is 9.90 Å². The Labute approximate surface area is 124 Å². The number of nitrogens with zero attached hydrogens (tertiary/aromatic N) is 1. The van der Waals surface area contributed by atoms with Crippen molar-refractivity contribution in [3.8, 4) is 6.07 Å². The van der Waals surface area contributed by atoms with E-state index in [4.69, 9.17) is 10.4 Å². The van der Waals surface area contributed by atoms with Crippen molar-refractivity contribution in [2.45, 2.75) is 37.5 Å². The second-order valence-electron chi connectivity index (χ2n) is 4.45. The number of carboxylic acid groups (broad SMARTS) is 1. The molecule has 0 atom stereocenters. The second kappa shape index (κ2) is 9.22. The van der Waals surface area contributed by atoms with Crippen molar-refractivity contribution in [3.63, 3.8) is 0 Å². The number of carbonyl (C=O) groups is 1. The topological polar surface area (TPSA) is 61.1 Å². The van der Waals surface area contributed by atoms with E-state index in [1.807, 2.05) is 36.0 Å². The number of nitriles is 1. The van der Waals surface area contributed by atoms with Crippen molar-refractivity contribution in [1.82, 2.24) is 0 Å². The predicted octanol–water partition coefficient (Wildman–Crippen LogP) is 4.35. The van der Waals surface area contributed by atoms with E-state index in [9.17, 15) is 4.79 Å². The molecular weight excluding hydrogens is 270 g/mol. The monoisotopic (exact) mass is 289 g/mol. The van der Waals surface area contributed by atoms with Crippen LogP contribution in [0.3, 0.4) is 0 Å². The van der Waals surface area contributed by atoms with E-state index in [1.165, 1.54) is 36.7 Å². The smallest absolute Gasteiger partial charge is 0.346 e. The van der Waals surface area contributed by atoms with Gasteiger partial charge in [0, 0.05) is 4.90 Å². The van der Waals surface area contributed by atoms with Crippen LogP contribution in [0.1, 0.15) is 38.2 Å². The molecule has 0 heterocycles. The van der Waals surface area contributed by atoms with Crippen molar-refractivity contribution in [1.29, 1.82) is 5.26 Å². The minimum absolute atomic E-state index is 0.245. The lowest BCUT2D eigenvalue weighted by atomic mass is 10.1. The first-order valence-electron chi connectivity index (χ1n) is 6.75. The van der Waals surface area contributed by atoms with Gasteiger partial charge in [-0.15, -0.1) is 11.8 Å². The first kappa shape index (κ1) is 16.3. The summed E-state index contributed by atoms with van der Waals surface area (Å²) in [5.41, 5.74) is 0.490. The lowest BCUT2D eigenvalue weighted by Crippen LogP contribution is -1.97. The maximum Gasteiger partial charge on any atom is 0.346 e. The van der Waals surface area contributed by atoms with Gasteiger partial charge in [-0.1, -0.05) is 38.3 Å². The Hall–Kier alpha value is -1.73. The minimum atomic E-state index is -1.19.